The predicted molar refractivity (Wildman–Crippen MR) is 85.9 cm³/mol. The van der Waals surface area contributed by atoms with Gasteiger partial charge in [-0.1, -0.05) is 48.5 Å². The Labute approximate surface area is 146 Å². The van der Waals surface area contributed by atoms with Crippen molar-refractivity contribution in [1.29, 1.82) is 0 Å². The summed E-state index contributed by atoms with van der Waals surface area (Å²) in [7, 11) is 0. The fourth-order valence-corrected chi connectivity index (χ4v) is 1.82. The number of benzene rings is 2. The third-order valence-corrected chi connectivity index (χ3v) is 3.43. The summed E-state index contributed by atoms with van der Waals surface area (Å²) in [6.07, 6.45) is 3.17. The number of rotatable bonds is 5. The SMILES string of the molecule is CC(N=Cc1ccccc1[O-])C(C)N=Cc1ccccc1[O-].[Co+2]. The number of aliphatic imine (C=N–C) groups is 2. The van der Waals surface area contributed by atoms with Crippen LogP contribution in [0.25, 0.3) is 0 Å². The van der Waals surface area contributed by atoms with Crippen molar-refractivity contribution in [3.63, 3.8) is 0 Å². The van der Waals surface area contributed by atoms with E-state index >= 15 is 0 Å². The minimum Gasteiger partial charge on any atom is -0.872 e. The summed E-state index contributed by atoms with van der Waals surface area (Å²) in [4.78, 5) is 8.75. The molecule has 0 amide bonds. The summed E-state index contributed by atoms with van der Waals surface area (Å²) in [5, 5.41) is 23.2. The number of hydrogen-bond donors (Lipinski definition) is 0. The molecule has 2 atom stereocenters. The molecule has 2 rings (SSSR count). The monoisotopic (exact) mass is 353 g/mol. The van der Waals surface area contributed by atoms with Gasteiger partial charge in [0, 0.05) is 12.4 Å². The van der Waals surface area contributed by atoms with Crippen molar-refractivity contribution in [2.45, 2.75) is 25.9 Å². The molecule has 2 unspecified atom stereocenters. The predicted octanol–water partition coefficient (Wildman–Crippen LogP) is 2.15. The molecule has 4 nitrogen and oxygen atoms in total. The third-order valence-electron chi connectivity index (χ3n) is 3.43. The Kier molecular flexibility index (Phi) is 7.51. The Hall–Kier alpha value is -2.11. The fourth-order valence-electron chi connectivity index (χ4n) is 1.82. The molecule has 0 aliphatic heterocycles. The summed E-state index contributed by atoms with van der Waals surface area (Å²) in [6, 6.07) is 13.3. The number of nitrogens with zero attached hydrogens (tertiary/aromatic N) is 2. The minimum atomic E-state index is -0.0883. The largest absolute Gasteiger partial charge is 2.00 e. The first kappa shape index (κ1) is 18.9. The van der Waals surface area contributed by atoms with Crippen molar-refractivity contribution < 1.29 is 27.0 Å². The van der Waals surface area contributed by atoms with Gasteiger partial charge in [0.1, 0.15) is 0 Å². The van der Waals surface area contributed by atoms with Crippen LogP contribution >= 0.6 is 0 Å². The van der Waals surface area contributed by atoms with Crippen LogP contribution < -0.4 is 10.2 Å². The van der Waals surface area contributed by atoms with Crippen molar-refractivity contribution in [3.8, 4) is 11.5 Å². The molecular formula is C18H18CoN2O2. The maximum Gasteiger partial charge on any atom is 2.00 e. The van der Waals surface area contributed by atoms with Crippen LogP contribution in [0.2, 0.25) is 0 Å². The smallest absolute Gasteiger partial charge is 0.872 e. The molecule has 0 bridgehead atoms. The van der Waals surface area contributed by atoms with E-state index < -0.39 is 0 Å². The second-order valence-corrected chi connectivity index (χ2v) is 5.11. The van der Waals surface area contributed by atoms with Crippen LogP contribution in [-0.2, 0) is 16.8 Å². The summed E-state index contributed by atoms with van der Waals surface area (Å²) >= 11 is 0. The van der Waals surface area contributed by atoms with Gasteiger partial charge >= 0.3 is 16.8 Å². The topological polar surface area (TPSA) is 70.8 Å². The molecule has 0 aromatic heterocycles. The van der Waals surface area contributed by atoms with Gasteiger partial charge in [-0.3, -0.25) is 9.98 Å². The van der Waals surface area contributed by atoms with E-state index in [9.17, 15) is 10.2 Å². The van der Waals surface area contributed by atoms with Crippen molar-refractivity contribution in [2.24, 2.45) is 9.98 Å². The Balaban J connectivity index is 0.00000264. The molecule has 121 valence electrons. The summed E-state index contributed by atoms with van der Waals surface area (Å²) < 4.78 is 0. The maximum absolute atomic E-state index is 11.6. The number of hydrogen-bond acceptors (Lipinski definition) is 4. The standard InChI is InChI=1S/C18H20N2O2.Co/c1-13(19-11-15-7-3-5-9-17(15)21)14(2)20-12-16-8-4-6-10-18(16)22;/h3-14,21-22H,1-2H3;/q;+2/p-2. The average Bonchev–Trinajstić information content (AvgIpc) is 2.52. The van der Waals surface area contributed by atoms with Crippen molar-refractivity contribution in [2.75, 3.05) is 0 Å². The van der Waals surface area contributed by atoms with Crippen molar-refractivity contribution >= 4 is 12.4 Å². The van der Waals surface area contributed by atoms with E-state index in [1.54, 1.807) is 48.8 Å². The normalized spacial score (nSPS) is 13.8. The molecule has 0 heterocycles. The molecule has 0 aliphatic carbocycles. The molecule has 2 aromatic carbocycles. The van der Waals surface area contributed by atoms with E-state index in [-0.39, 0.29) is 40.4 Å². The van der Waals surface area contributed by atoms with Crippen LogP contribution in [0, 0.1) is 0 Å². The van der Waals surface area contributed by atoms with Gasteiger partial charge in [-0.2, -0.15) is 0 Å². The average molecular weight is 353 g/mol. The van der Waals surface area contributed by atoms with Crippen LogP contribution in [0.4, 0.5) is 0 Å². The van der Waals surface area contributed by atoms with Gasteiger partial charge in [0.25, 0.3) is 0 Å². The maximum atomic E-state index is 11.6. The minimum absolute atomic E-state index is 0. The first-order chi connectivity index (χ1) is 10.6. The van der Waals surface area contributed by atoms with Gasteiger partial charge < -0.3 is 10.2 Å². The molecule has 0 saturated carbocycles. The first-order valence-electron chi connectivity index (χ1n) is 7.16. The molecule has 1 radical (unpaired) electrons. The molecule has 5 heteroatoms. The number of para-hydroxylation sites is 2. The van der Waals surface area contributed by atoms with E-state index in [1.807, 2.05) is 13.8 Å². The zero-order valence-electron chi connectivity index (χ0n) is 13.0. The zero-order chi connectivity index (χ0) is 15.9. The summed E-state index contributed by atoms with van der Waals surface area (Å²) in [5.41, 5.74) is 1.13. The van der Waals surface area contributed by atoms with E-state index in [2.05, 4.69) is 9.98 Å². The Morgan fingerprint density at radius 2 is 1.09 bits per heavy atom. The van der Waals surface area contributed by atoms with Crippen LogP contribution in [-0.4, -0.2) is 24.5 Å². The van der Waals surface area contributed by atoms with Crippen LogP contribution in [0.15, 0.2) is 58.5 Å². The van der Waals surface area contributed by atoms with Gasteiger partial charge in [-0.05, 0) is 25.0 Å². The van der Waals surface area contributed by atoms with Gasteiger partial charge in [-0.15, -0.1) is 11.5 Å². The first-order valence-corrected chi connectivity index (χ1v) is 7.16. The van der Waals surface area contributed by atoms with Crippen molar-refractivity contribution in [3.05, 3.63) is 59.7 Å². The zero-order valence-corrected chi connectivity index (χ0v) is 14.0. The van der Waals surface area contributed by atoms with Gasteiger partial charge in [0.2, 0.25) is 0 Å². The molecule has 0 aliphatic rings. The van der Waals surface area contributed by atoms with Gasteiger partial charge in [-0.25, -0.2) is 0 Å². The Bertz CT molecular complexity index is 627. The van der Waals surface area contributed by atoms with Gasteiger partial charge in [0.15, 0.2) is 0 Å². The molecule has 0 N–H and O–H groups in total. The Morgan fingerprint density at radius 1 is 0.739 bits per heavy atom. The van der Waals surface area contributed by atoms with E-state index in [4.69, 9.17) is 0 Å². The molecule has 23 heavy (non-hydrogen) atoms. The summed E-state index contributed by atoms with van der Waals surface area (Å²) in [5.74, 6) is -0.0928. The fraction of sp³-hybridized carbons (Fsp3) is 0.222. The van der Waals surface area contributed by atoms with Gasteiger partial charge in [0.05, 0.1) is 12.1 Å². The quantitative estimate of drug-likeness (QED) is 0.773. The van der Waals surface area contributed by atoms with E-state index in [0.717, 1.165) is 0 Å². The van der Waals surface area contributed by atoms with Crippen LogP contribution in [0.1, 0.15) is 25.0 Å². The molecule has 0 spiro atoms. The second-order valence-electron chi connectivity index (χ2n) is 5.11. The van der Waals surface area contributed by atoms with Crippen molar-refractivity contribution in [1.82, 2.24) is 0 Å². The molecule has 0 fully saturated rings. The van der Waals surface area contributed by atoms with Crippen LogP contribution in [0.3, 0.4) is 0 Å². The Morgan fingerprint density at radius 3 is 1.43 bits per heavy atom. The molecule has 0 saturated heterocycles. The summed E-state index contributed by atoms with van der Waals surface area (Å²) in [6.45, 7) is 3.85. The molecular weight excluding hydrogens is 335 g/mol. The van der Waals surface area contributed by atoms with E-state index in [0.29, 0.717) is 11.1 Å². The van der Waals surface area contributed by atoms with Crippen LogP contribution in [0.5, 0.6) is 11.5 Å². The second kappa shape index (κ2) is 9.12. The van der Waals surface area contributed by atoms with E-state index in [1.165, 1.54) is 12.1 Å². The third kappa shape index (κ3) is 5.54. The molecule has 2 aromatic rings.